The minimum absolute atomic E-state index is 0.0752. The van der Waals surface area contributed by atoms with E-state index in [-0.39, 0.29) is 12.5 Å². The summed E-state index contributed by atoms with van der Waals surface area (Å²) in [4.78, 5) is 11.7. The molecule has 0 atom stereocenters. The molecule has 22 heavy (non-hydrogen) atoms. The van der Waals surface area contributed by atoms with Gasteiger partial charge in [-0.3, -0.25) is 4.79 Å². The van der Waals surface area contributed by atoms with Crippen molar-refractivity contribution in [2.45, 2.75) is 6.92 Å². The maximum Gasteiger partial charge on any atom is 0.258 e. The number of nitrogens with one attached hydrogen (secondary N) is 1. The molecule has 2 aromatic carbocycles. The third-order valence-corrected chi connectivity index (χ3v) is 3.19. The van der Waals surface area contributed by atoms with Crippen LogP contribution in [0.5, 0.6) is 11.5 Å². The molecule has 0 saturated carbocycles. The molecule has 4 nitrogen and oxygen atoms in total. The van der Waals surface area contributed by atoms with Crippen molar-refractivity contribution in [3.63, 3.8) is 0 Å². The number of para-hydroxylation sites is 1. The Morgan fingerprint density at radius 1 is 1.14 bits per heavy atom. The van der Waals surface area contributed by atoms with Crippen molar-refractivity contribution >= 4 is 17.5 Å². The molecule has 0 bridgehead atoms. The van der Waals surface area contributed by atoms with E-state index in [9.17, 15) is 4.79 Å². The normalized spacial score (nSPS) is 10.1. The molecular formula is C17H18ClNO3. The third kappa shape index (κ3) is 5.30. The molecule has 0 aliphatic carbocycles. The fraction of sp³-hybridized carbons (Fsp3) is 0.235. The molecule has 2 rings (SSSR count). The highest BCUT2D eigenvalue weighted by Gasteiger charge is 2.04. The summed E-state index contributed by atoms with van der Waals surface area (Å²) in [5, 5.41) is 3.21. The van der Waals surface area contributed by atoms with Gasteiger partial charge >= 0.3 is 0 Å². The minimum Gasteiger partial charge on any atom is -0.492 e. The Kier molecular flexibility index (Phi) is 6.10. The van der Waals surface area contributed by atoms with Crippen molar-refractivity contribution in [3.8, 4) is 11.5 Å². The van der Waals surface area contributed by atoms with E-state index in [0.717, 1.165) is 11.3 Å². The first-order valence-electron chi connectivity index (χ1n) is 6.98. The molecule has 0 spiro atoms. The summed E-state index contributed by atoms with van der Waals surface area (Å²) in [5.74, 6) is 1.07. The number of hydrogen-bond donors (Lipinski definition) is 1. The SMILES string of the molecule is Cc1cccc(OCCNC(=O)COc2ccccc2Cl)c1. The van der Waals surface area contributed by atoms with Gasteiger partial charge in [-0.05, 0) is 36.8 Å². The Morgan fingerprint density at radius 3 is 2.73 bits per heavy atom. The molecule has 0 unspecified atom stereocenters. The molecule has 0 aliphatic rings. The Labute approximate surface area is 135 Å². The molecule has 0 saturated heterocycles. The first kappa shape index (κ1) is 16.2. The molecule has 0 radical (unpaired) electrons. The van der Waals surface area contributed by atoms with Crippen LogP contribution in [-0.4, -0.2) is 25.7 Å². The van der Waals surface area contributed by atoms with Gasteiger partial charge < -0.3 is 14.8 Å². The lowest BCUT2D eigenvalue weighted by atomic mass is 10.2. The first-order chi connectivity index (χ1) is 10.6. The fourth-order valence-corrected chi connectivity index (χ4v) is 2.01. The number of rotatable bonds is 7. The predicted octanol–water partition coefficient (Wildman–Crippen LogP) is 3.22. The van der Waals surface area contributed by atoms with E-state index in [1.807, 2.05) is 31.2 Å². The van der Waals surface area contributed by atoms with Crippen molar-refractivity contribution in [3.05, 3.63) is 59.1 Å². The first-order valence-corrected chi connectivity index (χ1v) is 7.36. The summed E-state index contributed by atoms with van der Waals surface area (Å²) in [6.45, 7) is 2.74. The van der Waals surface area contributed by atoms with Gasteiger partial charge in [-0.2, -0.15) is 0 Å². The van der Waals surface area contributed by atoms with E-state index in [4.69, 9.17) is 21.1 Å². The second kappa shape index (κ2) is 8.29. The molecule has 5 heteroatoms. The second-order valence-electron chi connectivity index (χ2n) is 4.73. The summed E-state index contributed by atoms with van der Waals surface area (Å²) in [7, 11) is 0. The zero-order chi connectivity index (χ0) is 15.8. The van der Waals surface area contributed by atoms with Crippen LogP contribution in [-0.2, 0) is 4.79 Å². The number of halogens is 1. The lowest BCUT2D eigenvalue weighted by molar-refractivity contribution is -0.123. The van der Waals surface area contributed by atoms with Gasteiger partial charge in [0.2, 0.25) is 0 Å². The molecule has 0 aliphatic heterocycles. The average Bonchev–Trinajstić information content (AvgIpc) is 2.51. The van der Waals surface area contributed by atoms with Crippen LogP contribution < -0.4 is 14.8 Å². The van der Waals surface area contributed by atoms with Crippen LogP contribution >= 0.6 is 11.6 Å². The third-order valence-electron chi connectivity index (χ3n) is 2.88. The molecular weight excluding hydrogens is 302 g/mol. The van der Waals surface area contributed by atoms with Crippen molar-refractivity contribution in [1.82, 2.24) is 5.32 Å². The zero-order valence-corrected chi connectivity index (χ0v) is 13.1. The van der Waals surface area contributed by atoms with Crippen LogP contribution in [0.25, 0.3) is 0 Å². The maximum atomic E-state index is 11.7. The topological polar surface area (TPSA) is 47.6 Å². The second-order valence-corrected chi connectivity index (χ2v) is 5.14. The Balaban J connectivity index is 1.65. The van der Waals surface area contributed by atoms with E-state index in [1.165, 1.54) is 0 Å². The Bertz CT molecular complexity index is 631. The Morgan fingerprint density at radius 2 is 1.95 bits per heavy atom. The highest BCUT2D eigenvalue weighted by atomic mass is 35.5. The van der Waals surface area contributed by atoms with Gasteiger partial charge in [-0.25, -0.2) is 0 Å². The van der Waals surface area contributed by atoms with Gasteiger partial charge in [0, 0.05) is 0 Å². The maximum absolute atomic E-state index is 11.7. The van der Waals surface area contributed by atoms with Crippen LogP contribution in [0.1, 0.15) is 5.56 Å². The predicted molar refractivity (Wildman–Crippen MR) is 86.6 cm³/mol. The van der Waals surface area contributed by atoms with E-state index in [0.29, 0.717) is 23.9 Å². The van der Waals surface area contributed by atoms with Crippen LogP contribution in [0.15, 0.2) is 48.5 Å². The van der Waals surface area contributed by atoms with E-state index >= 15 is 0 Å². The Hall–Kier alpha value is -2.20. The number of aryl methyl sites for hydroxylation is 1. The molecule has 116 valence electrons. The zero-order valence-electron chi connectivity index (χ0n) is 12.3. The van der Waals surface area contributed by atoms with E-state index in [2.05, 4.69) is 5.32 Å². The number of carbonyl (C=O) groups is 1. The van der Waals surface area contributed by atoms with Gasteiger partial charge in [-0.15, -0.1) is 0 Å². The number of carbonyl (C=O) groups excluding carboxylic acids is 1. The van der Waals surface area contributed by atoms with Crippen LogP contribution in [0.4, 0.5) is 0 Å². The largest absolute Gasteiger partial charge is 0.492 e. The lowest BCUT2D eigenvalue weighted by Gasteiger charge is -2.10. The van der Waals surface area contributed by atoms with Gasteiger partial charge in [-0.1, -0.05) is 35.9 Å². The summed E-state index contributed by atoms with van der Waals surface area (Å²) in [5.41, 5.74) is 1.13. The number of benzene rings is 2. The summed E-state index contributed by atoms with van der Waals surface area (Å²) < 4.78 is 10.9. The summed E-state index contributed by atoms with van der Waals surface area (Å²) in [6, 6.07) is 14.8. The van der Waals surface area contributed by atoms with Crippen molar-refractivity contribution in [2.24, 2.45) is 0 Å². The minimum atomic E-state index is -0.215. The van der Waals surface area contributed by atoms with E-state index < -0.39 is 0 Å². The summed E-state index contributed by atoms with van der Waals surface area (Å²) in [6.07, 6.45) is 0. The van der Waals surface area contributed by atoms with Gasteiger partial charge in [0.15, 0.2) is 6.61 Å². The van der Waals surface area contributed by atoms with Crippen molar-refractivity contribution in [1.29, 1.82) is 0 Å². The van der Waals surface area contributed by atoms with Crippen LogP contribution in [0.3, 0.4) is 0 Å². The van der Waals surface area contributed by atoms with Crippen molar-refractivity contribution in [2.75, 3.05) is 19.8 Å². The molecule has 1 N–H and O–H groups in total. The highest BCUT2D eigenvalue weighted by molar-refractivity contribution is 6.32. The van der Waals surface area contributed by atoms with Gasteiger partial charge in [0.25, 0.3) is 5.91 Å². The smallest absolute Gasteiger partial charge is 0.258 e. The standard InChI is InChI=1S/C17H18ClNO3/c1-13-5-4-6-14(11-13)21-10-9-19-17(20)12-22-16-8-3-2-7-15(16)18/h2-8,11H,9-10,12H2,1H3,(H,19,20). The molecule has 0 heterocycles. The summed E-state index contributed by atoms with van der Waals surface area (Å²) >= 11 is 5.94. The van der Waals surface area contributed by atoms with Crippen LogP contribution in [0.2, 0.25) is 5.02 Å². The number of ether oxygens (including phenoxy) is 2. The molecule has 2 aromatic rings. The van der Waals surface area contributed by atoms with Crippen molar-refractivity contribution < 1.29 is 14.3 Å². The van der Waals surface area contributed by atoms with Gasteiger partial charge in [0.1, 0.15) is 18.1 Å². The fourth-order valence-electron chi connectivity index (χ4n) is 1.82. The molecule has 0 fully saturated rings. The van der Waals surface area contributed by atoms with E-state index in [1.54, 1.807) is 24.3 Å². The quantitative estimate of drug-likeness (QED) is 0.797. The van der Waals surface area contributed by atoms with Gasteiger partial charge in [0.05, 0.1) is 11.6 Å². The molecule has 1 amide bonds. The highest BCUT2D eigenvalue weighted by Crippen LogP contribution is 2.22. The molecule has 0 aromatic heterocycles. The number of hydrogen-bond acceptors (Lipinski definition) is 3. The monoisotopic (exact) mass is 319 g/mol. The number of amides is 1. The van der Waals surface area contributed by atoms with Crippen LogP contribution in [0, 0.1) is 6.92 Å². The lowest BCUT2D eigenvalue weighted by Crippen LogP contribution is -2.32. The average molecular weight is 320 g/mol.